The second-order valence-electron chi connectivity index (χ2n) is 7.47. The molecule has 1 saturated heterocycles. The molecule has 1 aliphatic heterocycles. The molecule has 1 heterocycles. The summed E-state index contributed by atoms with van der Waals surface area (Å²) in [5.74, 6) is -0.904. The standard InChI is InChI=1S/C20H24N2O3/c23-18(21-17-11-5-7-13-6-1-2-8-14(13)17)12-22-19(24)15-9-3-4-10-16(15)20(22)25/h1-2,6,8,15-17H,3-5,7,9-12H2,(H,21,23). The molecule has 0 bridgehead atoms. The normalized spacial score (nSPS) is 28.5. The molecule has 25 heavy (non-hydrogen) atoms. The summed E-state index contributed by atoms with van der Waals surface area (Å²) in [5, 5.41) is 3.04. The summed E-state index contributed by atoms with van der Waals surface area (Å²) in [5.41, 5.74) is 2.44. The summed E-state index contributed by atoms with van der Waals surface area (Å²) in [6.07, 6.45) is 6.53. The van der Waals surface area contributed by atoms with Crippen LogP contribution in [0.5, 0.6) is 0 Å². The lowest BCUT2D eigenvalue weighted by molar-refractivity contribution is -0.143. The molecule has 3 aliphatic rings. The Morgan fingerprint density at radius 3 is 2.40 bits per heavy atom. The predicted molar refractivity (Wildman–Crippen MR) is 92.4 cm³/mol. The molecule has 3 atom stereocenters. The van der Waals surface area contributed by atoms with Gasteiger partial charge in [0.1, 0.15) is 6.54 Å². The molecule has 2 fully saturated rings. The van der Waals surface area contributed by atoms with E-state index in [1.807, 2.05) is 12.1 Å². The van der Waals surface area contributed by atoms with Crippen molar-refractivity contribution in [2.24, 2.45) is 11.8 Å². The van der Waals surface area contributed by atoms with Crippen LogP contribution in [0.1, 0.15) is 55.7 Å². The fourth-order valence-corrected chi connectivity index (χ4v) is 4.67. The van der Waals surface area contributed by atoms with Crippen molar-refractivity contribution in [2.75, 3.05) is 6.54 Å². The Morgan fingerprint density at radius 2 is 1.68 bits per heavy atom. The summed E-state index contributed by atoms with van der Waals surface area (Å²) in [7, 11) is 0. The van der Waals surface area contributed by atoms with Gasteiger partial charge in [-0.25, -0.2) is 0 Å². The third-order valence-corrected chi connectivity index (χ3v) is 5.94. The number of benzene rings is 1. The van der Waals surface area contributed by atoms with E-state index < -0.39 is 0 Å². The SMILES string of the molecule is O=C(CN1C(=O)C2CCCCC2C1=O)NC1CCCc2ccccc21. The first-order valence-corrected chi connectivity index (χ1v) is 9.37. The maximum absolute atomic E-state index is 12.5. The number of likely N-dealkylation sites (tertiary alicyclic amines) is 1. The Balaban J connectivity index is 1.43. The van der Waals surface area contributed by atoms with Crippen molar-refractivity contribution in [1.29, 1.82) is 0 Å². The Hall–Kier alpha value is -2.17. The predicted octanol–water partition coefficient (Wildman–Crippen LogP) is 2.36. The molecule has 2 aliphatic carbocycles. The number of hydrogen-bond donors (Lipinski definition) is 1. The number of rotatable bonds is 3. The lowest BCUT2D eigenvalue weighted by Gasteiger charge is -2.27. The smallest absolute Gasteiger partial charge is 0.240 e. The molecule has 0 spiro atoms. The van der Waals surface area contributed by atoms with E-state index >= 15 is 0 Å². The van der Waals surface area contributed by atoms with Gasteiger partial charge in [0.15, 0.2) is 0 Å². The molecule has 1 aromatic carbocycles. The number of hydrogen-bond acceptors (Lipinski definition) is 3. The van der Waals surface area contributed by atoms with Crippen molar-refractivity contribution in [3.8, 4) is 0 Å². The molecule has 1 N–H and O–H groups in total. The van der Waals surface area contributed by atoms with Gasteiger partial charge in [-0.05, 0) is 43.2 Å². The maximum atomic E-state index is 12.5. The minimum atomic E-state index is -0.234. The quantitative estimate of drug-likeness (QED) is 0.859. The van der Waals surface area contributed by atoms with Crippen LogP contribution in [0.25, 0.3) is 0 Å². The van der Waals surface area contributed by atoms with Crippen LogP contribution in [0.3, 0.4) is 0 Å². The van der Waals surface area contributed by atoms with Gasteiger partial charge in [0.2, 0.25) is 17.7 Å². The summed E-state index contributed by atoms with van der Waals surface area (Å²) >= 11 is 0. The van der Waals surface area contributed by atoms with Crippen molar-refractivity contribution in [2.45, 2.75) is 51.0 Å². The van der Waals surface area contributed by atoms with E-state index in [4.69, 9.17) is 0 Å². The van der Waals surface area contributed by atoms with Crippen molar-refractivity contribution < 1.29 is 14.4 Å². The van der Waals surface area contributed by atoms with Gasteiger partial charge in [0, 0.05) is 0 Å². The van der Waals surface area contributed by atoms with E-state index in [1.165, 1.54) is 10.5 Å². The molecular formula is C20H24N2O3. The first-order chi connectivity index (χ1) is 12.1. The van der Waals surface area contributed by atoms with Crippen LogP contribution in [-0.2, 0) is 20.8 Å². The van der Waals surface area contributed by atoms with Crippen molar-refractivity contribution in [3.05, 3.63) is 35.4 Å². The number of fused-ring (bicyclic) bond motifs is 2. The zero-order chi connectivity index (χ0) is 17.4. The zero-order valence-electron chi connectivity index (χ0n) is 14.4. The Labute approximate surface area is 147 Å². The molecule has 0 radical (unpaired) electrons. The van der Waals surface area contributed by atoms with Crippen LogP contribution in [0.2, 0.25) is 0 Å². The average molecular weight is 340 g/mol. The number of carbonyl (C=O) groups excluding carboxylic acids is 3. The molecule has 1 aromatic rings. The summed E-state index contributed by atoms with van der Waals surface area (Å²) < 4.78 is 0. The molecule has 1 saturated carbocycles. The summed E-state index contributed by atoms with van der Waals surface area (Å²) in [6.45, 7) is -0.136. The van der Waals surface area contributed by atoms with Gasteiger partial charge in [-0.1, -0.05) is 37.1 Å². The summed E-state index contributed by atoms with van der Waals surface area (Å²) in [4.78, 5) is 38.7. The molecule has 0 aromatic heterocycles. The second kappa shape index (κ2) is 6.62. The van der Waals surface area contributed by atoms with Crippen LogP contribution >= 0.6 is 0 Å². The number of aryl methyl sites for hydroxylation is 1. The van der Waals surface area contributed by atoms with E-state index in [0.29, 0.717) is 0 Å². The van der Waals surface area contributed by atoms with Crippen LogP contribution in [0.15, 0.2) is 24.3 Å². The third-order valence-electron chi connectivity index (χ3n) is 5.94. The summed E-state index contributed by atoms with van der Waals surface area (Å²) in [6, 6.07) is 8.15. The zero-order valence-corrected chi connectivity index (χ0v) is 14.4. The van der Waals surface area contributed by atoms with E-state index in [9.17, 15) is 14.4 Å². The van der Waals surface area contributed by atoms with Gasteiger partial charge in [0.05, 0.1) is 17.9 Å². The average Bonchev–Trinajstić information content (AvgIpc) is 2.87. The first-order valence-electron chi connectivity index (χ1n) is 9.37. The van der Waals surface area contributed by atoms with E-state index in [-0.39, 0.29) is 42.1 Å². The van der Waals surface area contributed by atoms with E-state index in [2.05, 4.69) is 17.4 Å². The van der Waals surface area contributed by atoms with Crippen molar-refractivity contribution in [1.82, 2.24) is 10.2 Å². The number of carbonyl (C=O) groups is 3. The van der Waals surface area contributed by atoms with E-state index in [0.717, 1.165) is 50.5 Å². The highest BCUT2D eigenvalue weighted by Gasteiger charge is 2.48. The lowest BCUT2D eigenvalue weighted by atomic mass is 9.81. The molecule has 3 amide bonds. The maximum Gasteiger partial charge on any atom is 0.240 e. The highest BCUT2D eigenvalue weighted by atomic mass is 16.2. The fraction of sp³-hybridized carbons (Fsp3) is 0.550. The van der Waals surface area contributed by atoms with Gasteiger partial charge in [-0.2, -0.15) is 0 Å². The van der Waals surface area contributed by atoms with Gasteiger partial charge in [-0.15, -0.1) is 0 Å². The van der Waals surface area contributed by atoms with Gasteiger partial charge < -0.3 is 5.32 Å². The molecule has 5 nitrogen and oxygen atoms in total. The first kappa shape index (κ1) is 16.3. The molecule has 3 unspecified atom stereocenters. The fourth-order valence-electron chi connectivity index (χ4n) is 4.67. The number of nitrogens with one attached hydrogen (secondary N) is 1. The highest BCUT2D eigenvalue weighted by Crippen LogP contribution is 2.38. The van der Waals surface area contributed by atoms with E-state index in [1.54, 1.807) is 0 Å². The van der Waals surface area contributed by atoms with Gasteiger partial charge in [0.25, 0.3) is 0 Å². The van der Waals surface area contributed by atoms with Crippen LogP contribution < -0.4 is 5.32 Å². The number of imide groups is 1. The highest BCUT2D eigenvalue weighted by molar-refractivity contribution is 6.07. The van der Waals surface area contributed by atoms with Crippen molar-refractivity contribution >= 4 is 17.7 Å². The monoisotopic (exact) mass is 340 g/mol. The molecule has 4 rings (SSSR count). The Bertz CT molecular complexity index is 691. The van der Waals surface area contributed by atoms with Crippen LogP contribution in [0.4, 0.5) is 0 Å². The Morgan fingerprint density at radius 1 is 1.00 bits per heavy atom. The lowest BCUT2D eigenvalue weighted by Crippen LogP contribution is -2.42. The molecular weight excluding hydrogens is 316 g/mol. The second-order valence-corrected chi connectivity index (χ2v) is 7.47. The third kappa shape index (κ3) is 2.96. The minimum Gasteiger partial charge on any atom is -0.348 e. The van der Waals surface area contributed by atoms with Gasteiger partial charge in [-0.3, -0.25) is 19.3 Å². The number of amides is 3. The van der Waals surface area contributed by atoms with Crippen molar-refractivity contribution in [3.63, 3.8) is 0 Å². The molecule has 5 heteroatoms. The topological polar surface area (TPSA) is 66.5 Å². The number of nitrogens with zero attached hydrogens (tertiary/aromatic N) is 1. The van der Waals surface area contributed by atoms with Crippen LogP contribution in [0, 0.1) is 11.8 Å². The molecule has 132 valence electrons. The van der Waals surface area contributed by atoms with Gasteiger partial charge >= 0.3 is 0 Å². The minimum absolute atomic E-state index is 0.0208. The van der Waals surface area contributed by atoms with Crippen LogP contribution in [-0.4, -0.2) is 29.2 Å². The largest absolute Gasteiger partial charge is 0.348 e. The Kier molecular flexibility index (Phi) is 4.32.